The fourth-order valence-corrected chi connectivity index (χ4v) is 2.86. The van der Waals surface area contributed by atoms with Crippen LogP contribution < -0.4 is 5.32 Å². The van der Waals surface area contributed by atoms with E-state index in [2.05, 4.69) is 28.9 Å². The molecule has 1 aromatic heterocycles. The average Bonchev–Trinajstić information content (AvgIpc) is 2.80. The zero-order valence-corrected chi connectivity index (χ0v) is 13.3. The van der Waals surface area contributed by atoms with Crippen molar-refractivity contribution < 1.29 is 9.18 Å². The topological polar surface area (TPSA) is 34.0 Å². The van der Waals surface area contributed by atoms with Gasteiger partial charge in [0.2, 0.25) is 5.91 Å². The molecule has 0 aliphatic rings. The number of para-hydroxylation sites is 1. The number of nitrogens with zero attached hydrogens (tertiary/aromatic N) is 1. The van der Waals surface area contributed by atoms with Crippen LogP contribution in [-0.2, 0) is 24.8 Å². The number of rotatable bonds is 4. The molecule has 0 aliphatic carbocycles. The molecule has 0 saturated carbocycles. The molecule has 23 heavy (non-hydrogen) atoms. The monoisotopic (exact) mass is 310 g/mol. The molecule has 1 amide bonds. The molecule has 2 aromatic carbocycles. The predicted molar refractivity (Wildman–Crippen MR) is 89.6 cm³/mol. The van der Waals surface area contributed by atoms with Gasteiger partial charge in [0.1, 0.15) is 5.82 Å². The summed E-state index contributed by atoms with van der Waals surface area (Å²) in [5.74, 6) is -0.357. The second kappa shape index (κ2) is 6.24. The Bertz CT molecular complexity index is 850. The summed E-state index contributed by atoms with van der Waals surface area (Å²) in [7, 11) is 2.03. The summed E-state index contributed by atoms with van der Waals surface area (Å²) >= 11 is 0. The number of aromatic nitrogens is 1. The summed E-state index contributed by atoms with van der Waals surface area (Å²) in [6.45, 7) is 2.55. The van der Waals surface area contributed by atoms with E-state index in [4.69, 9.17) is 0 Å². The summed E-state index contributed by atoms with van der Waals surface area (Å²) in [6.07, 6.45) is 0.254. The molecule has 0 atom stereocenters. The molecule has 3 rings (SSSR count). The molecule has 3 nitrogen and oxygen atoms in total. The van der Waals surface area contributed by atoms with Gasteiger partial charge in [-0.2, -0.15) is 0 Å². The Hall–Kier alpha value is -2.62. The van der Waals surface area contributed by atoms with Gasteiger partial charge in [0, 0.05) is 30.2 Å². The molecular weight excluding hydrogens is 291 g/mol. The van der Waals surface area contributed by atoms with Crippen LogP contribution in [0.15, 0.2) is 48.5 Å². The molecule has 3 aromatic rings. The van der Waals surface area contributed by atoms with Gasteiger partial charge in [0.15, 0.2) is 0 Å². The van der Waals surface area contributed by atoms with Gasteiger partial charge in [-0.25, -0.2) is 4.39 Å². The van der Waals surface area contributed by atoms with Crippen LogP contribution >= 0.6 is 0 Å². The minimum Gasteiger partial charge on any atom is -0.352 e. The molecule has 1 N–H and O–H groups in total. The van der Waals surface area contributed by atoms with Gasteiger partial charge < -0.3 is 9.88 Å². The Kier molecular flexibility index (Phi) is 4.15. The number of carbonyl (C=O) groups is 1. The number of hydrogen-bond donors (Lipinski definition) is 1. The Balaban J connectivity index is 1.72. The maximum atomic E-state index is 12.9. The highest BCUT2D eigenvalue weighted by atomic mass is 19.1. The highest BCUT2D eigenvalue weighted by molar-refractivity contribution is 5.86. The van der Waals surface area contributed by atoms with Crippen molar-refractivity contribution in [2.75, 3.05) is 0 Å². The van der Waals surface area contributed by atoms with Crippen LogP contribution in [0, 0.1) is 12.7 Å². The van der Waals surface area contributed by atoms with Gasteiger partial charge in [0.25, 0.3) is 0 Å². The van der Waals surface area contributed by atoms with Crippen LogP contribution in [-0.4, -0.2) is 10.5 Å². The van der Waals surface area contributed by atoms with Crippen LogP contribution in [0.4, 0.5) is 4.39 Å². The van der Waals surface area contributed by atoms with E-state index in [0.717, 1.165) is 27.7 Å². The quantitative estimate of drug-likeness (QED) is 0.786. The van der Waals surface area contributed by atoms with Crippen molar-refractivity contribution in [1.82, 2.24) is 9.88 Å². The van der Waals surface area contributed by atoms with Gasteiger partial charge in [-0.05, 0) is 36.2 Å². The van der Waals surface area contributed by atoms with Crippen LogP contribution in [0.2, 0.25) is 0 Å². The van der Waals surface area contributed by atoms with E-state index in [1.54, 1.807) is 12.1 Å². The van der Waals surface area contributed by atoms with Crippen LogP contribution in [0.5, 0.6) is 0 Å². The Morgan fingerprint density at radius 3 is 2.57 bits per heavy atom. The lowest BCUT2D eigenvalue weighted by Gasteiger charge is -2.06. The van der Waals surface area contributed by atoms with Crippen LogP contribution in [0.3, 0.4) is 0 Å². The number of halogens is 1. The van der Waals surface area contributed by atoms with E-state index >= 15 is 0 Å². The average molecular weight is 310 g/mol. The van der Waals surface area contributed by atoms with Crippen molar-refractivity contribution in [3.8, 4) is 0 Å². The number of fused-ring (bicyclic) bond motifs is 1. The largest absolute Gasteiger partial charge is 0.352 e. The molecule has 0 radical (unpaired) electrons. The molecule has 0 fully saturated rings. The third-order valence-electron chi connectivity index (χ3n) is 4.27. The van der Waals surface area contributed by atoms with Crippen molar-refractivity contribution in [1.29, 1.82) is 0 Å². The molecule has 1 heterocycles. The van der Waals surface area contributed by atoms with Crippen LogP contribution in [0.1, 0.15) is 16.8 Å². The molecular formula is C19H19FN2O. The lowest BCUT2D eigenvalue weighted by molar-refractivity contribution is -0.120. The fourth-order valence-electron chi connectivity index (χ4n) is 2.86. The van der Waals surface area contributed by atoms with E-state index in [1.165, 1.54) is 12.1 Å². The van der Waals surface area contributed by atoms with E-state index in [9.17, 15) is 9.18 Å². The molecule has 118 valence electrons. The first-order chi connectivity index (χ1) is 11.1. The van der Waals surface area contributed by atoms with Gasteiger partial charge in [0.05, 0.1) is 6.42 Å². The number of benzene rings is 2. The number of amides is 1. The highest BCUT2D eigenvalue weighted by Gasteiger charge is 2.12. The normalized spacial score (nSPS) is 10.9. The third-order valence-corrected chi connectivity index (χ3v) is 4.27. The standard InChI is InChI=1S/C19H19FN2O/c1-13-17(16-5-3-4-6-18(16)22(13)2)12-21-19(23)11-14-7-9-15(20)10-8-14/h3-10H,11-12H2,1-2H3,(H,21,23). The maximum Gasteiger partial charge on any atom is 0.224 e. The zero-order chi connectivity index (χ0) is 16.4. The van der Waals surface area contributed by atoms with E-state index in [0.29, 0.717) is 6.54 Å². The second-order valence-corrected chi connectivity index (χ2v) is 5.72. The second-order valence-electron chi connectivity index (χ2n) is 5.72. The molecule has 0 aliphatic heterocycles. The summed E-state index contributed by atoms with van der Waals surface area (Å²) < 4.78 is 15.0. The number of carbonyl (C=O) groups excluding carboxylic acids is 1. The van der Waals surface area contributed by atoms with Crippen LogP contribution in [0.25, 0.3) is 10.9 Å². The van der Waals surface area contributed by atoms with Crippen molar-refractivity contribution in [2.24, 2.45) is 7.05 Å². The number of aryl methyl sites for hydroxylation is 1. The Morgan fingerprint density at radius 1 is 1.13 bits per heavy atom. The van der Waals surface area contributed by atoms with Gasteiger partial charge in [-0.3, -0.25) is 4.79 Å². The predicted octanol–water partition coefficient (Wildman–Crippen LogP) is 3.48. The minimum atomic E-state index is -0.291. The van der Waals surface area contributed by atoms with Crippen molar-refractivity contribution in [3.63, 3.8) is 0 Å². The lowest BCUT2D eigenvalue weighted by Crippen LogP contribution is -2.24. The minimum absolute atomic E-state index is 0.0658. The molecule has 0 spiro atoms. The first-order valence-electron chi connectivity index (χ1n) is 7.60. The van der Waals surface area contributed by atoms with Crippen molar-refractivity contribution >= 4 is 16.8 Å². The van der Waals surface area contributed by atoms with Gasteiger partial charge in [-0.15, -0.1) is 0 Å². The highest BCUT2D eigenvalue weighted by Crippen LogP contribution is 2.24. The smallest absolute Gasteiger partial charge is 0.224 e. The molecule has 4 heteroatoms. The summed E-state index contributed by atoms with van der Waals surface area (Å²) in [4.78, 5) is 12.1. The lowest BCUT2D eigenvalue weighted by atomic mass is 10.1. The molecule has 0 bridgehead atoms. The number of nitrogens with one attached hydrogen (secondary N) is 1. The van der Waals surface area contributed by atoms with E-state index < -0.39 is 0 Å². The van der Waals surface area contributed by atoms with Gasteiger partial charge in [-0.1, -0.05) is 30.3 Å². The van der Waals surface area contributed by atoms with Gasteiger partial charge >= 0.3 is 0 Å². The number of hydrogen-bond acceptors (Lipinski definition) is 1. The third kappa shape index (κ3) is 3.11. The summed E-state index contributed by atoms with van der Waals surface area (Å²) in [5, 5.41) is 4.12. The first-order valence-corrected chi connectivity index (χ1v) is 7.60. The first kappa shape index (κ1) is 15.3. The van der Waals surface area contributed by atoms with E-state index in [-0.39, 0.29) is 18.1 Å². The summed E-state index contributed by atoms with van der Waals surface area (Å²) in [5.41, 5.74) is 4.25. The molecule has 0 saturated heterocycles. The molecule has 0 unspecified atom stereocenters. The zero-order valence-electron chi connectivity index (χ0n) is 13.3. The summed E-state index contributed by atoms with van der Waals surface area (Å²) in [6, 6.07) is 14.2. The Morgan fingerprint density at radius 2 is 1.83 bits per heavy atom. The van der Waals surface area contributed by atoms with Crippen molar-refractivity contribution in [2.45, 2.75) is 19.9 Å². The van der Waals surface area contributed by atoms with Crippen molar-refractivity contribution in [3.05, 3.63) is 71.2 Å². The maximum absolute atomic E-state index is 12.9. The van der Waals surface area contributed by atoms with E-state index in [1.807, 2.05) is 19.2 Å². The fraction of sp³-hybridized carbons (Fsp3) is 0.211. The SMILES string of the molecule is Cc1c(CNC(=O)Cc2ccc(F)cc2)c2ccccc2n1C. The Labute approximate surface area is 134 Å².